The Labute approximate surface area is 122 Å². The highest BCUT2D eigenvalue weighted by Crippen LogP contribution is 2.22. The van der Waals surface area contributed by atoms with Crippen molar-refractivity contribution in [2.24, 2.45) is 0 Å². The normalized spacial score (nSPS) is 18.4. The summed E-state index contributed by atoms with van der Waals surface area (Å²) in [5.41, 5.74) is 2.36. The van der Waals surface area contributed by atoms with Gasteiger partial charge in [-0.2, -0.15) is 0 Å². The molecule has 1 aromatic carbocycles. The number of nitrogens with one attached hydrogen (secondary N) is 2. The van der Waals surface area contributed by atoms with E-state index in [1.165, 1.54) is 0 Å². The van der Waals surface area contributed by atoms with E-state index in [0.29, 0.717) is 31.3 Å². The SMILES string of the molecule is Cc1coc(-c2cccc(NC(=O)C3COCCN3)c2)n1. The maximum absolute atomic E-state index is 12.1. The van der Waals surface area contributed by atoms with Gasteiger partial charge in [0.15, 0.2) is 0 Å². The molecule has 0 bridgehead atoms. The van der Waals surface area contributed by atoms with E-state index in [1.807, 2.05) is 31.2 Å². The third-order valence-electron chi connectivity index (χ3n) is 3.23. The van der Waals surface area contributed by atoms with Gasteiger partial charge in [-0.1, -0.05) is 6.07 Å². The second kappa shape index (κ2) is 6.07. The van der Waals surface area contributed by atoms with E-state index < -0.39 is 0 Å². The Bertz CT molecular complexity index is 633. The Balaban J connectivity index is 1.72. The fourth-order valence-electron chi connectivity index (χ4n) is 2.18. The van der Waals surface area contributed by atoms with Crippen LogP contribution in [0.2, 0.25) is 0 Å². The van der Waals surface area contributed by atoms with E-state index in [-0.39, 0.29) is 11.9 Å². The smallest absolute Gasteiger partial charge is 0.243 e. The average Bonchev–Trinajstić information content (AvgIpc) is 2.95. The summed E-state index contributed by atoms with van der Waals surface area (Å²) in [6.45, 7) is 3.59. The lowest BCUT2D eigenvalue weighted by molar-refractivity contribution is -0.120. The van der Waals surface area contributed by atoms with Crippen molar-refractivity contribution in [2.75, 3.05) is 25.1 Å². The molecule has 1 aromatic heterocycles. The van der Waals surface area contributed by atoms with Crippen LogP contribution >= 0.6 is 0 Å². The van der Waals surface area contributed by atoms with Crippen LogP contribution in [-0.2, 0) is 9.53 Å². The van der Waals surface area contributed by atoms with E-state index in [2.05, 4.69) is 15.6 Å². The number of carbonyl (C=O) groups excluding carboxylic acids is 1. The minimum absolute atomic E-state index is 0.101. The summed E-state index contributed by atoms with van der Waals surface area (Å²) < 4.78 is 10.7. The lowest BCUT2D eigenvalue weighted by Crippen LogP contribution is -2.48. The van der Waals surface area contributed by atoms with Gasteiger partial charge in [0, 0.05) is 17.8 Å². The number of aromatic nitrogens is 1. The van der Waals surface area contributed by atoms with Gasteiger partial charge in [-0.25, -0.2) is 4.98 Å². The first kappa shape index (κ1) is 13.8. The summed E-state index contributed by atoms with van der Waals surface area (Å²) >= 11 is 0. The molecular formula is C15H17N3O3. The summed E-state index contributed by atoms with van der Waals surface area (Å²) in [5.74, 6) is 0.443. The maximum Gasteiger partial charge on any atom is 0.243 e. The molecule has 1 aliphatic heterocycles. The lowest BCUT2D eigenvalue weighted by atomic mass is 10.2. The van der Waals surface area contributed by atoms with Gasteiger partial charge in [0.1, 0.15) is 12.3 Å². The second-order valence-electron chi connectivity index (χ2n) is 4.95. The molecule has 3 rings (SSSR count). The zero-order valence-electron chi connectivity index (χ0n) is 11.8. The first-order chi connectivity index (χ1) is 10.2. The number of ether oxygens (including phenoxy) is 1. The van der Waals surface area contributed by atoms with Crippen LogP contribution in [0.4, 0.5) is 5.69 Å². The minimum atomic E-state index is -0.314. The van der Waals surface area contributed by atoms with Gasteiger partial charge in [-0.3, -0.25) is 4.79 Å². The number of benzene rings is 1. The summed E-state index contributed by atoms with van der Waals surface area (Å²) in [6.07, 6.45) is 1.60. The van der Waals surface area contributed by atoms with Gasteiger partial charge in [0.25, 0.3) is 0 Å². The molecule has 110 valence electrons. The lowest BCUT2D eigenvalue weighted by Gasteiger charge is -2.22. The number of carbonyl (C=O) groups is 1. The monoisotopic (exact) mass is 287 g/mol. The van der Waals surface area contributed by atoms with Crippen molar-refractivity contribution >= 4 is 11.6 Å². The number of amides is 1. The molecule has 1 unspecified atom stereocenters. The molecule has 1 fully saturated rings. The molecule has 1 saturated heterocycles. The standard InChI is InChI=1S/C15H17N3O3/c1-10-8-21-15(17-10)11-3-2-4-12(7-11)18-14(19)13-9-20-6-5-16-13/h2-4,7-8,13,16H,5-6,9H2,1H3,(H,18,19). The zero-order chi connectivity index (χ0) is 14.7. The van der Waals surface area contributed by atoms with Gasteiger partial charge in [-0.05, 0) is 25.1 Å². The summed E-state index contributed by atoms with van der Waals surface area (Å²) in [7, 11) is 0. The molecule has 2 heterocycles. The van der Waals surface area contributed by atoms with Crippen molar-refractivity contribution < 1.29 is 13.9 Å². The Morgan fingerprint density at radius 2 is 2.38 bits per heavy atom. The van der Waals surface area contributed by atoms with Crippen molar-refractivity contribution in [3.05, 3.63) is 36.2 Å². The molecule has 0 radical (unpaired) electrons. The van der Waals surface area contributed by atoms with Crippen molar-refractivity contribution in [1.82, 2.24) is 10.3 Å². The molecular weight excluding hydrogens is 270 g/mol. The zero-order valence-corrected chi connectivity index (χ0v) is 11.8. The first-order valence-electron chi connectivity index (χ1n) is 6.87. The van der Waals surface area contributed by atoms with E-state index >= 15 is 0 Å². The number of nitrogens with zero attached hydrogens (tertiary/aromatic N) is 1. The highest BCUT2D eigenvalue weighted by Gasteiger charge is 2.21. The van der Waals surface area contributed by atoms with Crippen LogP contribution in [0.1, 0.15) is 5.69 Å². The van der Waals surface area contributed by atoms with Gasteiger partial charge in [0.05, 0.1) is 18.9 Å². The molecule has 1 amide bonds. The number of oxazole rings is 1. The number of anilines is 1. The second-order valence-corrected chi connectivity index (χ2v) is 4.95. The Morgan fingerprint density at radius 3 is 3.10 bits per heavy atom. The Hall–Kier alpha value is -2.18. The van der Waals surface area contributed by atoms with Gasteiger partial charge in [0.2, 0.25) is 11.8 Å². The molecule has 2 N–H and O–H groups in total. The highest BCUT2D eigenvalue weighted by molar-refractivity contribution is 5.95. The average molecular weight is 287 g/mol. The number of rotatable bonds is 3. The van der Waals surface area contributed by atoms with E-state index in [1.54, 1.807) is 6.26 Å². The fourth-order valence-corrected chi connectivity index (χ4v) is 2.18. The van der Waals surface area contributed by atoms with Crippen molar-refractivity contribution in [1.29, 1.82) is 0 Å². The third kappa shape index (κ3) is 3.29. The van der Waals surface area contributed by atoms with Crippen molar-refractivity contribution in [3.63, 3.8) is 0 Å². The largest absolute Gasteiger partial charge is 0.444 e. The van der Waals surface area contributed by atoms with Crippen LogP contribution in [0.15, 0.2) is 34.9 Å². The predicted molar refractivity (Wildman–Crippen MR) is 77.9 cm³/mol. The summed E-state index contributed by atoms with van der Waals surface area (Å²) in [5, 5.41) is 6.00. The molecule has 0 spiro atoms. The van der Waals surface area contributed by atoms with Crippen LogP contribution in [0.25, 0.3) is 11.5 Å². The quantitative estimate of drug-likeness (QED) is 0.896. The fraction of sp³-hybridized carbons (Fsp3) is 0.333. The number of hydrogen-bond acceptors (Lipinski definition) is 5. The molecule has 0 aliphatic carbocycles. The van der Waals surface area contributed by atoms with Crippen LogP contribution in [-0.4, -0.2) is 36.7 Å². The molecule has 6 nitrogen and oxygen atoms in total. The first-order valence-corrected chi connectivity index (χ1v) is 6.87. The Kier molecular flexibility index (Phi) is 3.98. The number of aryl methyl sites for hydroxylation is 1. The Morgan fingerprint density at radius 1 is 1.48 bits per heavy atom. The maximum atomic E-state index is 12.1. The number of morpholine rings is 1. The topological polar surface area (TPSA) is 76.4 Å². The third-order valence-corrected chi connectivity index (χ3v) is 3.23. The molecule has 2 aromatic rings. The van der Waals surface area contributed by atoms with Crippen molar-refractivity contribution in [2.45, 2.75) is 13.0 Å². The van der Waals surface area contributed by atoms with E-state index in [9.17, 15) is 4.79 Å². The van der Waals surface area contributed by atoms with Gasteiger partial charge >= 0.3 is 0 Å². The molecule has 0 saturated carbocycles. The summed E-state index contributed by atoms with van der Waals surface area (Å²) in [4.78, 5) is 16.4. The van der Waals surface area contributed by atoms with Gasteiger partial charge in [-0.15, -0.1) is 0 Å². The predicted octanol–water partition coefficient (Wildman–Crippen LogP) is 1.58. The van der Waals surface area contributed by atoms with Crippen LogP contribution in [0, 0.1) is 6.92 Å². The van der Waals surface area contributed by atoms with E-state index in [4.69, 9.17) is 9.15 Å². The molecule has 1 aliphatic rings. The van der Waals surface area contributed by atoms with Crippen LogP contribution < -0.4 is 10.6 Å². The van der Waals surface area contributed by atoms with Crippen molar-refractivity contribution in [3.8, 4) is 11.5 Å². The summed E-state index contributed by atoms with van der Waals surface area (Å²) in [6, 6.07) is 7.11. The minimum Gasteiger partial charge on any atom is -0.444 e. The van der Waals surface area contributed by atoms with Gasteiger partial charge < -0.3 is 19.8 Å². The number of hydrogen-bond donors (Lipinski definition) is 2. The molecule has 6 heteroatoms. The highest BCUT2D eigenvalue weighted by atomic mass is 16.5. The van der Waals surface area contributed by atoms with Crippen LogP contribution in [0.3, 0.4) is 0 Å². The van der Waals surface area contributed by atoms with E-state index in [0.717, 1.165) is 11.3 Å². The molecule has 21 heavy (non-hydrogen) atoms. The molecule has 1 atom stereocenters. The van der Waals surface area contributed by atoms with Crippen LogP contribution in [0.5, 0.6) is 0 Å².